The molecule has 1 unspecified atom stereocenters. The standard InChI is InChI=1S/C8H11IN2/c1-10-11-8(9)7-5-3-2-4-6-7/h2-6,8,10-11H,1H3. The topological polar surface area (TPSA) is 24.1 Å². The number of hydrazine groups is 1. The van der Waals surface area contributed by atoms with Crippen molar-refractivity contribution in [2.75, 3.05) is 7.05 Å². The smallest absolute Gasteiger partial charge is 0.0976 e. The fraction of sp³-hybridized carbons (Fsp3) is 0.250. The van der Waals surface area contributed by atoms with E-state index in [4.69, 9.17) is 0 Å². The van der Waals surface area contributed by atoms with Gasteiger partial charge in [-0.05, 0) is 12.6 Å². The van der Waals surface area contributed by atoms with E-state index in [0.717, 1.165) is 0 Å². The average molecular weight is 262 g/mol. The maximum Gasteiger partial charge on any atom is 0.0976 e. The molecule has 0 aliphatic carbocycles. The molecule has 1 aromatic rings. The van der Waals surface area contributed by atoms with Gasteiger partial charge in [0.15, 0.2) is 0 Å². The third-order valence-corrected chi connectivity index (χ3v) is 2.39. The van der Waals surface area contributed by atoms with Gasteiger partial charge in [0.25, 0.3) is 0 Å². The van der Waals surface area contributed by atoms with Gasteiger partial charge in [-0.2, -0.15) is 0 Å². The van der Waals surface area contributed by atoms with Gasteiger partial charge in [0.1, 0.15) is 0 Å². The van der Waals surface area contributed by atoms with E-state index in [2.05, 4.69) is 45.6 Å². The lowest BCUT2D eigenvalue weighted by atomic mass is 10.2. The van der Waals surface area contributed by atoms with E-state index in [1.807, 2.05) is 25.2 Å². The zero-order valence-electron chi connectivity index (χ0n) is 6.34. The highest BCUT2D eigenvalue weighted by Gasteiger charge is 2.02. The second-order valence-electron chi connectivity index (χ2n) is 2.17. The van der Waals surface area contributed by atoms with Gasteiger partial charge in [-0.1, -0.05) is 52.9 Å². The molecule has 0 aliphatic heterocycles. The number of halogens is 1. The Labute approximate surface area is 80.5 Å². The zero-order valence-corrected chi connectivity index (χ0v) is 8.50. The summed E-state index contributed by atoms with van der Waals surface area (Å²) in [5.74, 6) is 0. The number of rotatable bonds is 3. The van der Waals surface area contributed by atoms with Crippen LogP contribution < -0.4 is 10.9 Å². The predicted octanol–water partition coefficient (Wildman–Crippen LogP) is 1.84. The molecule has 0 spiro atoms. The Balaban J connectivity index is 2.61. The second-order valence-corrected chi connectivity index (χ2v) is 3.41. The molecule has 0 saturated heterocycles. The van der Waals surface area contributed by atoms with Crippen molar-refractivity contribution < 1.29 is 0 Å². The first-order valence-corrected chi connectivity index (χ1v) is 4.70. The van der Waals surface area contributed by atoms with Crippen LogP contribution in [-0.2, 0) is 0 Å². The van der Waals surface area contributed by atoms with E-state index in [1.54, 1.807) is 0 Å². The SMILES string of the molecule is CNNC(I)c1ccccc1. The monoisotopic (exact) mass is 262 g/mol. The Hall–Kier alpha value is -0.130. The van der Waals surface area contributed by atoms with Crippen molar-refractivity contribution in [3.8, 4) is 0 Å². The van der Waals surface area contributed by atoms with Gasteiger partial charge in [-0.15, -0.1) is 0 Å². The van der Waals surface area contributed by atoms with Gasteiger partial charge in [0.05, 0.1) is 4.05 Å². The van der Waals surface area contributed by atoms with Gasteiger partial charge in [0.2, 0.25) is 0 Å². The van der Waals surface area contributed by atoms with Crippen molar-refractivity contribution in [1.29, 1.82) is 0 Å². The van der Waals surface area contributed by atoms with E-state index in [0.29, 0.717) is 4.05 Å². The average Bonchev–Trinajstić information content (AvgIpc) is 2.07. The number of benzene rings is 1. The minimum Gasteiger partial charge on any atom is -0.260 e. The first-order chi connectivity index (χ1) is 5.34. The molecule has 0 aromatic heterocycles. The molecule has 1 aromatic carbocycles. The highest BCUT2D eigenvalue weighted by atomic mass is 127. The van der Waals surface area contributed by atoms with Crippen molar-refractivity contribution in [1.82, 2.24) is 10.9 Å². The third-order valence-electron chi connectivity index (χ3n) is 1.36. The van der Waals surface area contributed by atoms with E-state index in [9.17, 15) is 0 Å². The summed E-state index contributed by atoms with van der Waals surface area (Å²) in [6.07, 6.45) is 0. The molecule has 2 nitrogen and oxygen atoms in total. The quantitative estimate of drug-likeness (QED) is 0.376. The maximum absolute atomic E-state index is 3.10. The van der Waals surface area contributed by atoms with Crippen molar-refractivity contribution in [3.63, 3.8) is 0 Å². The van der Waals surface area contributed by atoms with Crippen LogP contribution in [0.2, 0.25) is 0 Å². The van der Waals surface area contributed by atoms with E-state index in [-0.39, 0.29) is 0 Å². The number of hydrogen-bond donors (Lipinski definition) is 2. The summed E-state index contributed by atoms with van der Waals surface area (Å²) in [7, 11) is 1.87. The molecule has 2 N–H and O–H groups in total. The van der Waals surface area contributed by atoms with Gasteiger partial charge in [-0.25, -0.2) is 5.43 Å². The summed E-state index contributed by atoms with van der Waals surface area (Å²) in [5, 5.41) is 0. The van der Waals surface area contributed by atoms with Crippen LogP contribution in [0.1, 0.15) is 9.61 Å². The van der Waals surface area contributed by atoms with Crippen LogP contribution >= 0.6 is 22.6 Å². The van der Waals surface area contributed by atoms with Gasteiger partial charge in [0, 0.05) is 0 Å². The third kappa shape index (κ3) is 2.76. The lowest BCUT2D eigenvalue weighted by Gasteiger charge is -2.10. The van der Waals surface area contributed by atoms with Gasteiger partial charge >= 0.3 is 0 Å². The molecule has 11 heavy (non-hydrogen) atoms. The summed E-state index contributed by atoms with van der Waals surface area (Å²) in [4.78, 5) is 0. The normalized spacial score (nSPS) is 12.9. The summed E-state index contributed by atoms with van der Waals surface area (Å²) in [5.41, 5.74) is 7.29. The van der Waals surface area contributed by atoms with Crippen LogP contribution in [0.4, 0.5) is 0 Å². The van der Waals surface area contributed by atoms with Gasteiger partial charge in [-0.3, -0.25) is 5.43 Å². The first-order valence-electron chi connectivity index (χ1n) is 3.46. The van der Waals surface area contributed by atoms with E-state index >= 15 is 0 Å². The highest BCUT2D eigenvalue weighted by molar-refractivity contribution is 14.1. The lowest BCUT2D eigenvalue weighted by Crippen LogP contribution is -2.28. The second kappa shape index (κ2) is 4.69. The molecular formula is C8H11IN2. The van der Waals surface area contributed by atoms with Crippen molar-refractivity contribution >= 4 is 22.6 Å². The van der Waals surface area contributed by atoms with E-state index in [1.165, 1.54) is 5.56 Å². The zero-order chi connectivity index (χ0) is 8.10. The molecule has 0 fully saturated rings. The molecule has 0 radical (unpaired) electrons. The highest BCUT2D eigenvalue weighted by Crippen LogP contribution is 2.17. The molecule has 3 heteroatoms. The minimum atomic E-state index is 0.332. The first kappa shape index (κ1) is 8.96. The number of hydrogen-bond acceptors (Lipinski definition) is 2. The van der Waals surface area contributed by atoms with Crippen LogP contribution in [0.25, 0.3) is 0 Å². The minimum absolute atomic E-state index is 0.332. The largest absolute Gasteiger partial charge is 0.260 e. The Morgan fingerprint density at radius 3 is 2.45 bits per heavy atom. The van der Waals surface area contributed by atoms with Crippen LogP contribution in [0, 0.1) is 0 Å². The summed E-state index contributed by atoms with van der Waals surface area (Å²) in [6, 6.07) is 10.3. The Morgan fingerprint density at radius 1 is 1.27 bits per heavy atom. The van der Waals surface area contributed by atoms with E-state index < -0.39 is 0 Å². The fourth-order valence-corrected chi connectivity index (χ4v) is 1.56. The van der Waals surface area contributed by atoms with Crippen LogP contribution in [0.3, 0.4) is 0 Å². The van der Waals surface area contributed by atoms with Crippen molar-refractivity contribution in [2.45, 2.75) is 4.05 Å². The molecule has 0 aliphatic rings. The number of alkyl halides is 1. The molecule has 0 saturated carbocycles. The fourth-order valence-electron chi connectivity index (χ4n) is 0.832. The predicted molar refractivity (Wildman–Crippen MR) is 55.4 cm³/mol. The van der Waals surface area contributed by atoms with Crippen molar-refractivity contribution in [2.24, 2.45) is 0 Å². The van der Waals surface area contributed by atoms with Gasteiger partial charge < -0.3 is 0 Å². The molecular weight excluding hydrogens is 251 g/mol. The molecule has 60 valence electrons. The van der Waals surface area contributed by atoms with Crippen LogP contribution in [0.15, 0.2) is 30.3 Å². The summed E-state index contributed by atoms with van der Waals surface area (Å²) >= 11 is 2.33. The lowest BCUT2D eigenvalue weighted by molar-refractivity contribution is 0.600. The molecule has 0 bridgehead atoms. The Morgan fingerprint density at radius 2 is 1.91 bits per heavy atom. The van der Waals surface area contributed by atoms with Crippen LogP contribution in [-0.4, -0.2) is 7.05 Å². The summed E-state index contributed by atoms with van der Waals surface area (Å²) < 4.78 is 0.332. The Bertz CT molecular complexity index is 201. The maximum atomic E-state index is 3.10. The van der Waals surface area contributed by atoms with Crippen LogP contribution in [0.5, 0.6) is 0 Å². The Kier molecular flexibility index (Phi) is 3.82. The summed E-state index contributed by atoms with van der Waals surface area (Å²) in [6.45, 7) is 0. The molecule has 0 heterocycles. The number of nitrogens with one attached hydrogen (secondary N) is 2. The molecule has 0 amide bonds. The molecule has 1 rings (SSSR count). The van der Waals surface area contributed by atoms with Crippen molar-refractivity contribution in [3.05, 3.63) is 35.9 Å². The molecule has 1 atom stereocenters.